The van der Waals surface area contributed by atoms with E-state index in [-0.39, 0.29) is 12.3 Å². The maximum atomic E-state index is 11.4. The van der Waals surface area contributed by atoms with Crippen LogP contribution in [0, 0.1) is 0 Å². The summed E-state index contributed by atoms with van der Waals surface area (Å²) in [5.41, 5.74) is 8.64. The van der Waals surface area contributed by atoms with Crippen LogP contribution >= 0.6 is 11.6 Å². The second kappa shape index (κ2) is 6.52. The first-order valence-corrected chi connectivity index (χ1v) is 5.10. The normalized spacial score (nSPS) is 10.6. The number of esters is 1. The van der Waals surface area contributed by atoms with Crippen LogP contribution in [0.25, 0.3) is 16.5 Å². The largest absolute Gasteiger partial charge is 0.462 e. The second-order valence-corrected chi connectivity index (χ2v) is 3.28. The molecule has 0 fully saturated rings. The van der Waals surface area contributed by atoms with Crippen LogP contribution in [0.5, 0.6) is 0 Å². The number of hydrogen-bond donors (Lipinski definition) is 0. The lowest BCUT2D eigenvalue weighted by Gasteiger charge is -2.00. The number of rotatable bonds is 4. The van der Waals surface area contributed by atoms with E-state index in [9.17, 15) is 4.79 Å². The van der Waals surface area contributed by atoms with Gasteiger partial charge in [0.1, 0.15) is 5.70 Å². The molecule has 0 aliphatic heterocycles. The first-order valence-electron chi connectivity index (χ1n) is 4.73. The Morgan fingerprint density at radius 3 is 3.00 bits per heavy atom. The van der Waals surface area contributed by atoms with Gasteiger partial charge in [-0.15, -0.1) is 0 Å². The van der Waals surface area contributed by atoms with E-state index >= 15 is 0 Å². The molecule has 0 bridgehead atoms. The zero-order valence-corrected chi connectivity index (χ0v) is 9.76. The number of carbonyl (C=O) groups is 1. The highest BCUT2D eigenvalue weighted by molar-refractivity contribution is 6.30. The van der Waals surface area contributed by atoms with Crippen LogP contribution < -0.4 is 0 Å². The number of pyridine rings is 1. The molecule has 1 heterocycles. The molecule has 6 nitrogen and oxygen atoms in total. The molecule has 0 amide bonds. The quantitative estimate of drug-likeness (QED) is 0.271. The molecule has 0 atom stereocenters. The minimum Gasteiger partial charge on any atom is -0.462 e. The number of azide groups is 1. The fraction of sp³-hybridized carbons (Fsp3) is 0.200. The number of aromatic nitrogens is 1. The molecule has 0 unspecified atom stereocenters. The van der Waals surface area contributed by atoms with Crippen molar-refractivity contribution >= 4 is 23.6 Å². The maximum absolute atomic E-state index is 11.4. The van der Waals surface area contributed by atoms with Crippen LogP contribution in [0.2, 0.25) is 5.02 Å². The highest BCUT2D eigenvalue weighted by atomic mass is 35.5. The second-order valence-electron chi connectivity index (χ2n) is 2.84. The maximum Gasteiger partial charge on any atom is 0.340 e. The van der Waals surface area contributed by atoms with Gasteiger partial charge < -0.3 is 4.74 Å². The summed E-state index contributed by atoms with van der Waals surface area (Å²) < 4.78 is 4.73. The van der Waals surface area contributed by atoms with E-state index < -0.39 is 5.97 Å². The topological polar surface area (TPSA) is 88.0 Å². The van der Waals surface area contributed by atoms with E-state index in [2.05, 4.69) is 15.0 Å². The highest BCUT2D eigenvalue weighted by Gasteiger charge is 2.08. The summed E-state index contributed by atoms with van der Waals surface area (Å²) in [6, 6.07) is 3.20. The molecule has 0 radical (unpaired) electrons. The Morgan fingerprint density at radius 2 is 2.47 bits per heavy atom. The number of carbonyl (C=O) groups excluding carboxylic acids is 1. The third-order valence-electron chi connectivity index (χ3n) is 1.67. The fourth-order valence-electron chi connectivity index (χ4n) is 0.995. The van der Waals surface area contributed by atoms with Crippen LogP contribution in [0.1, 0.15) is 12.6 Å². The highest BCUT2D eigenvalue weighted by Crippen LogP contribution is 2.11. The van der Waals surface area contributed by atoms with Crippen LogP contribution in [0.3, 0.4) is 0 Å². The summed E-state index contributed by atoms with van der Waals surface area (Å²) in [7, 11) is 0. The lowest BCUT2D eigenvalue weighted by atomic mass is 10.3. The van der Waals surface area contributed by atoms with Gasteiger partial charge >= 0.3 is 5.97 Å². The molecule has 0 aliphatic rings. The third kappa shape index (κ3) is 4.14. The van der Waals surface area contributed by atoms with E-state index in [0.29, 0.717) is 10.7 Å². The van der Waals surface area contributed by atoms with Gasteiger partial charge in [0, 0.05) is 11.1 Å². The average Bonchev–Trinajstić information content (AvgIpc) is 2.31. The van der Waals surface area contributed by atoms with Crippen molar-refractivity contribution in [2.45, 2.75) is 6.92 Å². The average molecular weight is 253 g/mol. The number of nitrogens with zero attached hydrogens (tertiary/aromatic N) is 4. The van der Waals surface area contributed by atoms with Crippen molar-refractivity contribution in [2.24, 2.45) is 5.11 Å². The summed E-state index contributed by atoms with van der Waals surface area (Å²) in [5.74, 6) is -0.693. The van der Waals surface area contributed by atoms with E-state index in [1.165, 1.54) is 12.3 Å². The summed E-state index contributed by atoms with van der Waals surface area (Å²) >= 11 is 5.66. The van der Waals surface area contributed by atoms with Gasteiger partial charge in [-0.2, -0.15) is 0 Å². The van der Waals surface area contributed by atoms with E-state index in [1.54, 1.807) is 19.1 Å². The lowest BCUT2D eigenvalue weighted by molar-refractivity contribution is -0.138. The Morgan fingerprint density at radius 1 is 1.71 bits per heavy atom. The molecule has 0 saturated carbocycles. The molecule has 1 aromatic heterocycles. The lowest BCUT2D eigenvalue weighted by Crippen LogP contribution is -2.05. The van der Waals surface area contributed by atoms with E-state index in [1.807, 2.05) is 0 Å². The van der Waals surface area contributed by atoms with Crippen molar-refractivity contribution in [1.29, 1.82) is 0 Å². The summed E-state index contributed by atoms with van der Waals surface area (Å²) in [4.78, 5) is 17.9. The van der Waals surface area contributed by atoms with Gasteiger partial charge in [-0.05, 0) is 30.7 Å². The zero-order chi connectivity index (χ0) is 12.7. The fourth-order valence-corrected chi connectivity index (χ4v) is 1.11. The van der Waals surface area contributed by atoms with Gasteiger partial charge in [-0.3, -0.25) is 4.98 Å². The van der Waals surface area contributed by atoms with Gasteiger partial charge in [0.25, 0.3) is 0 Å². The number of ether oxygens (including phenoxy) is 1. The van der Waals surface area contributed by atoms with Crippen LogP contribution in [0.15, 0.2) is 29.1 Å². The van der Waals surface area contributed by atoms with Gasteiger partial charge in [0.15, 0.2) is 0 Å². The van der Waals surface area contributed by atoms with Crippen molar-refractivity contribution in [3.05, 3.63) is 45.2 Å². The first-order chi connectivity index (χ1) is 8.17. The molecule has 0 N–H and O–H groups in total. The smallest absolute Gasteiger partial charge is 0.340 e. The third-order valence-corrected chi connectivity index (χ3v) is 1.90. The zero-order valence-electron chi connectivity index (χ0n) is 9.00. The molecule has 0 aromatic carbocycles. The Bertz CT molecular complexity index is 478. The Kier molecular flexibility index (Phi) is 5.00. The van der Waals surface area contributed by atoms with Crippen LogP contribution in [0.4, 0.5) is 0 Å². The predicted octanol–water partition coefficient (Wildman–Crippen LogP) is 2.95. The number of hydrogen-bond acceptors (Lipinski definition) is 4. The molecule has 1 rings (SSSR count). The minimum absolute atomic E-state index is 0.149. The van der Waals surface area contributed by atoms with Crippen molar-refractivity contribution in [1.82, 2.24) is 4.98 Å². The Hall–Kier alpha value is -2.04. The molecule has 88 valence electrons. The molecule has 1 aromatic rings. The predicted molar refractivity (Wildman–Crippen MR) is 63.0 cm³/mol. The van der Waals surface area contributed by atoms with E-state index in [4.69, 9.17) is 21.9 Å². The standard InChI is InChI=1S/C10H9ClN4O2/c1-2-17-10(16)9(14-15-12)5-8-4-3-7(11)6-13-8/h3-6H,2H2,1H3. The molecular formula is C10H9ClN4O2. The van der Waals surface area contributed by atoms with Gasteiger partial charge in [-0.25, -0.2) is 4.79 Å². The summed E-state index contributed by atoms with van der Waals surface area (Å²) in [6.07, 6.45) is 2.75. The van der Waals surface area contributed by atoms with Gasteiger partial charge in [-0.1, -0.05) is 16.7 Å². The molecule has 7 heteroatoms. The van der Waals surface area contributed by atoms with Gasteiger partial charge in [0.2, 0.25) is 0 Å². The number of halogens is 1. The molecule has 0 spiro atoms. The van der Waals surface area contributed by atoms with E-state index in [0.717, 1.165) is 0 Å². The SMILES string of the molecule is CCOC(=O)C(=Cc1ccc(Cl)cn1)N=[N+]=[N-]. The van der Waals surface area contributed by atoms with Crippen molar-refractivity contribution in [3.8, 4) is 0 Å². The summed E-state index contributed by atoms with van der Waals surface area (Å²) in [6.45, 7) is 1.86. The Balaban J connectivity index is 3.01. The molecule has 0 saturated heterocycles. The van der Waals surface area contributed by atoms with Gasteiger partial charge in [0.05, 0.1) is 17.3 Å². The monoisotopic (exact) mass is 252 g/mol. The Labute approximate surface area is 102 Å². The summed E-state index contributed by atoms with van der Waals surface area (Å²) in [5, 5.41) is 3.73. The molecule has 17 heavy (non-hydrogen) atoms. The van der Waals surface area contributed by atoms with Crippen molar-refractivity contribution < 1.29 is 9.53 Å². The minimum atomic E-state index is -0.693. The van der Waals surface area contributed by atoms with Crippen molar-refractivity contribution in [2.75, 3.05) is 6.61 Å². The molecular weight excluding hydrogens is 244 g/mol. The first kappa shape index (κ1) is 13.0. The van der Waals surface area contributed by atoms with Crippen molar-refractivity contribution in [3.63, 3.8) is 0 Å². The van der Waals surface area contributed by atoms with Crippen LogP contribution in [-0.4, -0.2) is 17.6 Å². The van der Waals surface area contributed by atoms with Crippen LogP contribution in [-0.2, 0) is 9.53 Å². The molecule has 0 aliphatic carbocycles.